The van der Waals surface area contributed by atoms with Crippen LogP contribution in [0, 0.1) is 17.6 Å². The summed E-state index contributed by atoms with van der Waals surface area (Å²) in [5, 5.41) is 12.0. The number of nitrogens with two attached hydrogens (primary N) is 1. The van der Waals surface area contributed by atoms with Crippen LogP contribution in [-0.4, -0.2) is 41.2 Å². The van der Waals surface area contributed by atoms with E-state index in [1.807, 2.05) is 30.3 Å². The molecule has 0 bridgehead atoms. The fourth-order valence-electron chi connectivity index (χ4n) is 4.04. The fourth-order valence-corrected chi connectivity index (χ4v) is 4.04. The maximum atomic E-state index is 14.7. The lowest BCUT2D eigenvalue weighted by Crippen LogP contribution is -2.26. The van der Waals surface area contributed by atoms with E-state index in [0.29, 0.717) is 23.7 Å². The summed E-state index contributed by atoms with van der Waals surface area (Å²) in [7, 11) is 1.28. The Bertz CT molecular complexity index is 1430. The van der Waals surface area contributed by atoms with Crippen LogP contribution in [0.1, 0.15) is 44.2 Å². The third kappa shape index (κ3) is 8.96. The molecule has 224 valence electrons. The van der Waals surface area contributed by atoms with Crippen molar-refractivity contribution in [2.75, 3.05) is 7.11 Å². The second kappa shape index (κ2) is 14.9. The van der Waals surface area contributed by atoms with Gasteiger partial charge in [0.1, 0.15) is 5.75 Å². The number of benzene rings is 2. The van der Waals surface area contributed by atoms with Crippen molar-refractivity contribution in [2.24, 2.45) is 11.7 Å². The number of ether oxygens (including phenoxy) is 3. The van der Waals surface area contributed by atoms with Crippen LogP contribution >= 0.6 is 0 Å². The number of aliphatic carboxylic acids is 1. The van der Waals surface area contributed by atoms with Crippen molar-refractivity contribution in [3.05, 3.63) is 71.3 Å². The number of halogens is 2. The van der Waals surface area contributed by atoms with Gasteiger partial charge < -0.3 is 30.4 Å². The molecule has 0 spiro atoms. The van der Waals surface area contributed by atoms with Gasteiger partial charge in [0.05, 0.1) is 7.11 Å². The number of nitrogens with one attached hydrogen (secondary N) is 1. The number of rotatable bonds is 14. The average molecular weight is 586 g/mol. The molecule has 0 saturated heterocycles. The lowest BCUT2D eigenvalue weighted by atomic mass is 10.00. The van der Waals surface area contributed by atoms with E-state index in [-0.39, 0.29) is 43.4 Å². The molecule has 2 aromatic carbocycles. The Labute approximate surface area is 241 Å². The molecule has 12 heteroatoms. The number of carboxylic acid groups (broad SMARTS) is 1. The van der Waals surface area contributed by atoms with Crippen LogP contribution in [-0.2, 0) is 32.2 Å². The van der Waals surface area contributed by atoms with Gasteiger partial charge in [-0.15, -0.1) is 0 Å². The van der Waals surface area contributed by atoms with Crippen LogP contribution in [0.3, 0.4) is 0 Å². The van der Waals surface area contributed by atoms with Crippen LogP contribution in [0.2, 0.25) is 0 Å². The molecule has 0 aliphatic carbocycles. The Morgan fingerprint density at radius 2 is 1.71 bits per heavy atom. The SMILES string of the molecule is CCC(Oc1nc(Oc2cc(CNC(=O)CC(C)CC(=O)OC)cc(-c3cccc(CN)c3)c2)c(F)cc1F)C(=O)O. The van der Waals surface area contributed by atoms with Crippen LogP contribution in [0.4, 0.5) is 8.78 Å². The van der Waals surface area contributed by atoms with E-state index in [1.54, 1.807) is 19.1 Å². The van der Waals surface area contributed by atoms with Gasteiger partial charge in [0.25, 0.3) is 11.8 Å². The Morgan fingerprint density at radius 3 is 2.38 bits per heavy atom. The van der Waals surface area contributed by atoms with Gasteiger partial charge in [-0.25, -0.2) is 13.6 Å². The van der Waals surface area contributed by atoms with Crippen LogP contribution in [0.5, 0.6) is 17.5 Å². The number of pyridine rings is 1. The van der Waals surface area contributed by atoms with E-state index < -0.39 is 41.4 Å². The number of hydrogen-bond acceptors (Lipinski definition) is 8. The second-order valence-corrected chi connectivity index (χ2v) is 9.65. The minimum Gasteiger partial charge on any atom is -0.479 e. The molecule has 2 unspecified atom stereocenters. The van der Waals surface area contributed by atoms with Gasteiger partial charge >= 0.3 is 11.9 Å². The molecule has 3 rings (SSSR count). The van der Waals surface area contributed by atoms with Crippen LogP contribution in [0.25, 0.3) is 11.1 Å². The summed E-state index contributed by atoms with van der Waals surface area (Å²) in [5.74, 6) is -5.82. The Hall–Kier alpha value is -4.58. The smallest absolute Gasteiger partial charge is 0.344 e. The maximum Gasteiger partial charge on any atom is 0.344 e. The number of aromatic nitrogens is 1. The summed E-state index contributed by atoms with van der Waals surface area (Å²) in [6.07, 6.45) is -1.18. The van der Waals surface area contributed by atoms with Crippen LogP contribution < -0.4 is 20.5 Å². The summed E-state index contributed by atoms with van der Waals surface area (Å²) in [6, 6.07) is 12.9. The molecule has 1 aromatic heterocycles. The number of carbonyl (C=O) groups excluding carboxylic acids is 2. The van der Waals surface area contributed by atoms with Gasteiger partial charge in [0.15, 0.2) is 17.7 Å². The van der Waals surface area contributed by atoms with E-state index in [0.717, 1.165) is 11.1 Å². The Kier molecular flexibility index (Phi) is 11.3. The molecule has 1 heterocycles. The molecule has 0 fully saturated rings. The summed E-state index contributed by atoms with van der Waals surface area (Å²) in [5.41, 5.74) is 8.67. The predicted octanol–water partition coefficient (Wildman–Crippen LogP) is 4.73. The summed E-state index contributed by atoms with van der Waals surface area (Å²) >= 11 is 0. The van der Waals surface area contributed by atoms with Gasteiger partial charge in [0.2, 0.25) is 5.91 Å². The standard InChI is InChI=1S/C30H33F2N3O7/c1-4-25(30(38)39)42-29-24(32)14-23(31)28(35-29)41-22-12-19(16-34-26(36)8-17(2)9-27(37)40-3)11-21(13-22)20-7-5-6-18(10-20)15-33/h5-7,10-14,17,25H,4,8-9,15-16,33H2,1-3H3,(H,34,36)(H,38,39). The minimum absolute atomic E-state index is 0.0183. The van der Waals surface area contributed by atoms with Gasteiger partial charge in [-0.05, 0) is 58.9 Å². The summed E-state index contributed by atoms with van der Waals surface area (Å²) < 4.78 is 44.5. The second-order valence-electron chi connectivity index (χ2n) is 9.65. The molecule has 4 N–H and O–H groups in total. The van der Waals surface area contributed by atoms with E-state index in [4.69, 9.17) is 15.2 Å². The number of esters is 1. The number of hydrogen-bond donors (Lipinski definition) is 3. The summed E-state index contributed by atoms with van der Waals surface area (Å²) in [4.78, 5) is 39.1. The van der Waals surface area contributed by atoms with Crippen molar-refractivity contribution < 1.29 is 42.5 Å². The monoisotopic (exact) mass is 585 g/mol. The van der Waals surface area contributed by atoms with Crippen molar-refractivity contribution in [3.63, 3.8) is 0 Å². The first-order chi connectivity index (χ1) is 20.0. The first-order valence-electron chi connectivity index (χ1n) is 13.2. The van der Waals surface area contributed by atoms with Crippen molar-refractivity contribution >= 4 is 17.8 Å². The fraction of sp³-hybridized carbons (Fsp3) is 0.333. The number of carbonyl (C=O) groups is 3. The van der Waals surface area contributed by atoms with Gasteiger partial charge in [-0.1, -0.05) is 32.0 Å². The quantitative estimate of drug-likeness (QED) is 0.228. The maximum absolute atomic E-state index is 14.7. The number of methoxy groups -OCH3 is 1. The zero-order valence-corrected chi connectivity index (χ0v) is 23.5. The largest absolute Gasteiger partial charge is 0.479 e. The molecule has 0 saturated carbocycles. The number of amides is 1. The highest BCUT2D eigenvalue weighted by Crippen LogP contribution is 2.32. The lowest BCUT2D eigenvalue weighted by Gasteiger charge is -2.15. The number of carboxylic acids is 1. The van der Waals surface area contributed by atoms with Gasteiger partial charge in [-0.2, -0.15) is 4.98 Å². The van der Waals surface area contributed by atoms with Gasteiger partial charge in [-0.3, -0.25) is 9.59 Å². The summed E-state index contributed by atoms with van der Waals surface area (Å²) in [6.45, 7) is 3.67. The number of nitrogens with zero attached hydrogens (tertiary/aromatic N) is 1. The highest BCUT2D eigenvalue weighted by Gasteiger charge is 2.23. The van der Waals surface area contributed by atoms with E-state index in [2.05, 4.69) is 15.0 Å². The molecule has 2 atom stereocenters. The van der Waals surface area contributed by atoms with Crippen molar-refractivity contribution in [3.8, 4) is 28.6 Å². The molecule has 42 heavy (non-hydrogen) atoms. The third-order valence-electron chi connectivity index (χ3n) is 6.21. The molecule has 0 aliphatic heterocycles. The molecule has 10 nitrogen and oxygen atoms in total. The first kappa shape index (κ1) is 31.9. The van der Waals surface area contributed by atoms with Crippen molar-refractivity contribution in [1.82, 2.24) is 10.3 Å². The van der Waals surface area contributed by atoms with E-state index in [9.17, 15) is 28.3 Å². The first-order valence-corrected chi connectivity index (χ1v) is 13.2. The third-order valence-corrected chi connectivity index (χ3v) is 6.21. The minimum atomic E-state index is -1.39. The van der Waals surface area contributed by atoms with Crippen molar-refractivity contribution in [2.45, 2.75) is 52.3 Å². The van der Waals surface area contributed by atoms with Gasteiger partial charge in [0, 0.05) is 32.0 Å². The molecule has 1 amide bonds. The molecular formula is C30H33F2N3O7. The van der Waals surface area contributed by atoms with Crippen molar-refractivity contribution in [1.29, 1.82) is 0 Å². The predicted molar refractivity (Wildman–Crippen MR) is 149 cm³/mol. The Balaban J connectivity index is 1.91. The van der Waals surface area contributed by atoms with E-state index in [1.165, 1.54) is 14.0 Å². The van der Waals surface area contributed by atoms with Crippen LogP contribution in [0.15, 0.2) is 48.5 Å². The zero-order valence-electron chi connectivity index (χ0n) is 23.5. The Morgan fingerprint density at radius 1 is 1.00 bits per heavy atom. The molecule has 0 aliphatic rings. The highest BCUT2D eigenvalue weighted by atomic mass is 19.1. The molecule has 3 aromatic rings. The molecule has 0 radical (unpaired) electrons. The van der Waals surface area contributed by atoms with E-state index >= 15 is 0 Å². The topological polar surface area (TPSA) is 150 Å². The highest BCUT2D eigenvalue weighted by molar-refractivity contribution is 5.77. The average Bonchev–Trinajstić information content (AvgIpc) is 2.96. The lowest BCUT2D eigenvalue weighted by molar-refractivity contribution is -0.145. The molecular weight excluding hydrogens is 552 g/mol. The normalized spacial score (nSPS) is 12.2. The zero-order chi connectivity index (χ0) is 30.8.